The van der Waals surface area contributed by atoms with Crippen LogP contribution >= 0.6 is 0 Å². The third kappa shape index (κ3) is 5.05. The van der Waals surface area contributed by atoms with Crippen LogP contribution in [0.3, 0.4) is 0 Å². The fraction of sp³-hybridized carbons (Fsp3) is 0. The fourth-order valence-corrected chi connectivity index (χ4v) is 10.2. The second kappa shape index (κ2) is 13.0. The van der Waals surface area contributed by atoms with Crippen molar-refractivity contribution >= 4 is 98.1 Å². The molecule has 0 amide bonds. The molecule has 5 heteroatoms. The van der Waals surface area contributed by atoms with Crippen molar-refractivity contribution in [2.45, 2.75) is 0 Å². The first kappa shape index (κ1) is 34.2. The zero-order valence-corrected chi connectivity index (χ0v) is 33.8. The van der Waals surface area contributed by atoms with Crippen LogP contribution in [0.5, 0.6) is 0 Å². The van der Waals surface area contributed by atoms with Gasteiger partial charge in [0, 0.05) is 54.5 Å². The molecule has 0 spiro atoms. The maximum atomic E-state index is 6.26. The van der Waals surface area contributed by atoms with Crippen LogP contribution in [-0.2, 0) is 0 Å². The first-order valence-corrected chi connectivity index (χ1v) is 21.4. The Bertz CT molecular complexity index is 4170. The number of benzene rings is 10. The van der Waals surface area contributed by atoms with E-state index in [4.69, 9.17) is 14.4 Å². The number of aromatic nitrogens is 4. The minimum Gasteiger partial charge on any atom is -0.456 e. The number of fused-ring (bicyclic) bond motifs is 12. The van der Waals surface area contributed by atoms with Crippen molar-refractivity contribution in [3.8, 4) is 33.9 Å². The Balaban J connectivity index is 1.08. The molecule has 63 heavy (non-hydrogen) atoms. The van der Waals surface area contributed by atoms with Gasteiger partial charge in [0.1, 0.15) is 11.2 Å². The smallest absolute Gasteiger partial charge is 0.135 e. The average Bonchev–Trinajstić information content (AvgIpc) is 3.99. The maximum absolute atomic E-state index is 6.26. The number of furan rings is 1. The van der Waals surface area contributed by atoms with Crippen molar-refractivity contribution in [1.82, 2.24) is 19.1 Å². The summed E-state index contributed by atoms with van der Waals surface area (Å²) in [5, 5.41) is 11.7. The van der Waals surface area contributed by atoms with Gasteiger partial charge in [-0.3, -0.25) is 0 Å². The molecule has 4 heterocycles. The van der Waals surface area contributed by atoms with Gasteiger partial charge in [-0.2, -0.15) is 0 Å². The molecule has 10 aromatic carbocycles. The number of hydrogen-bond acceptors (Lipinski definition) is 3. The van der Waals surface area contributed by atoms with Gasteiger partial charge in [-0.1, -0.05) is 121 Å². The summed E-state index contributed by atoms with van der Waals surface area (Å²) in [6, 6.07) is 73.9. The molecule has 0 N–H and O–H groups in total. The molecule has 0 saturated carbocycles. The van der Waals surface area contributed by atoms with Crippen molar-refractivity contribution in [3.05, 3.63) is 206 Å². The summed E-state index contributed by atoms with van der Waals surface area (Å²) in [7, 11) is 0. The van der Waals surface area contributed by atoms with Crippen LogP contribution in [0.1, 0.15) is 0 Å². The summed E-state index contributed by atoms with van der Waals surface area (Å²) in [5.74, 6) is 0. The quantitative estimate of drug-likeness (QED) is 0.178. The first-order valence-electron chi connectivity index (χ1n) is 21.4. The summed E-state index contributed by atoms with van der Waals surface area (Å²) >= 11 is 0. The van der Waals surface area contributed by atoms with Crippen LogP contribution in [0.4, 0.5) is 0 Å². The number of para-hydroxylation sites is 5. The van der Waals surface area contributed by atoms with Crippen LogP contribution in [0, 0.1) is 0 Å². The predicted molar refractivity (Wildman–Crippen MR) is 261 cm³/mol. The second-order valence-electron chi connectivity index (χ2n) is 16.6. The fourth-order valence-electron chi connectivity index (χ4n) is 10.2. The van der Waals surface area contributed by atoms with Gasteiger partial charge < -0.3 is 13.6 Å². The van der Waals surface area contributed by atoms with E-state index < -0.39 is 0 Å². The molecule has 14 rings (SSSR count). The van der Waals surface area contributed by atoms with Gasteiger partial charge in [-0.25, -0.2) is 9.97 Å². The predicted octanol–water partition coefficient (Wildman–Crippen LogP) is 15.4. The van der Waals surface area contributed by atoms with Crippen molar-refractivity contribution < 1.29 is 4.42 Å². The number of nitrogens with zero attached hydrogens (tertiary/aromatic N) is 4. The van der Waals surface area contributed by atoms with Crippen molar-refractivity contribution in [1.29, 1.82) is 0 Å². The van der Waals surface area contributed by atoms with E-state index in [1.807, 2.05) is 30.3 Å². The molecule has 5 nitrogen and oxygen atoms in total. The molecule has 0 unspecified atom stereocenters. The highest BCUT2D eigenvalue weighted by Crippen LogP contribution is 2.43. The van der Waals surface area contributed by atoms with Crippen LogP contribution in [0.15, 0.2) is 211 Å². The highest BCUT2D eigenvalue weighted by Gasteiger charge is 2.22. The number of rotatable bonds is 4. The summed E-state index contributed by atoms with van der Waals surface area (Å²) in [5.41, 5.74) is 13.9. The molecule has 0 fully saturated rings. The van der Waals surface area contributed by atoms with E-state index in [-0.39, 0.29) is 0 Å². The van der Waals surface area contributed by atoms with Crippen molar-refractivity contribution in [3.63, 3.8) is 0 Å². The van der Waals surface area contributed by atoms with E-state index in [0.717, 1.165) is 88.7 Å². The molecule has 0 atom stereocenters. The van der Waals surface area contributed by atoms with E-state index in [1.165, 1.54) is 43.4 Å². The van der Waals surface area contributed by atoms with Crippen molar-refractivity contribution in [2.75, 3.05) is 0 Å². The minimum atomic E-state index is 0.823. The lowest BCUT2D eigenvalue weighted by Crippen LogP contribution is -2.00. The number of hydrogen-bond donors (Lipinski definition) is 0. The molecular weight excluding hydrogens is 769 g/mol. The lowest BCUT2D eigenvalue weighted by Gasteiger charge is -2.17. The van der Waals surface area contributed by atoms with Crippen LogP contribution in [0.25, 0.3) is 132 Å². The molecule has 0 bridgehead atoms. The Labute approximate surface area is 360 Å². The molecular formula is C58H34N4O. The third-order valence-electron chi connectivity index (χ3n) is 13.0. The molecule has 0 aliphatic heterocycles. The highest BCUT2D eigenvalue weighted by atomic mass is 16.3. The molecule has 0 radical (unpaired) electrons. The summed E-state index contributed by atoms with van der Waals surface area (Å²) in [6.07, 6.45) is 0. The van der Waals surface area contributed by atoms with Crippen LogP contribution in [-0.4, -0.2) is 19.1 Å². The van der Waals surface area contributed by atoms with Gasteiger partial charge in [0.05, 0.1) is 50.2 Å². The van der Waals surface area contributed by atoms with E-state index >= 15 is 0 Å². The maximum Gasteiger partial charge on any atom is 0.135 e. The zero-order chi connectivity index (χ0) is 41.2. The van der Waals surface area contributed by atoms with Gasteiger partial charge in [0.25, 0.3) is 0 Å². The molecule has 0 aliphatic carbocycles. The Morgan fingerprint density at radius 2 is 0.889 bits per heavy atom. The van der Waals surface area contributed by atoms with Crippen molar-refractivity contribution in [2.24, 2.45) is 0 Å². The van der Waals surface area contributed by atoms with Gasteiger partial charge in [-0.05, 0) is 101 Å². The Hall–Kier alpha value is -8.54. The van der Waals surface area contributed by atoms with E-state index in [0.29, 0.717) is 0 Å². The van der Waals surface area contributed by atoms with Gasteiger partial charge in [-0.15, -0.1) is 0 Å². The Morgan fingerprint density at radius 1 is 0.317 bits per heavy atom. The first-order chi connectivity index (χ1) is 31.2. The monoisotopic (exact) mass is 802 g/mol. The topological polar surface area (TPSA) is 48.8 Å². The largest absolute Gasteiger partial charge is 0.456 e. The van der Waals surface area contributed by atoms with Crippen LogP contribution < -0.4 is 0 Å². The molecule has 14 aromatic rings. The van der Waals surface area contributed by atoms with Gasteiger partial charge in [0.15, 0.2) is 0 Å². The van der Waals surface area contributed by atoms with E-state index in [2.05, 4.69) is 185 Å². The lowest BCUT2D eigenvalue weighted by atomic mass is 9.98. The SMILES string of the molecule is c1ccc2cc3c(cc2c1)c1ccc(-n2c4ccccc4c4ccccc42)cc1n3-c1cc(-c2nc3ccccc3nc2-c2ccc3oc4ccccc4c3c2)cc2ccccc12. The second-order valence-corrected chi connectivity index (χ2v) is 16.6. The molecule has 292 valence electrons. The molecule has 0 aliphatic rings. The van der Waals surface area contributed by atoms with Crippen LogP contribution in [0.2, 0.25) is 0 Å². The lowest BCUT2D eigenvalue weighted by molar-refractivity contribution is 0.669. The molecule has 4 aromatic heterocycles. The summed E-state index contributed by atoms with van der Waals surface area (Å²) in [6.45, 7) is 0. The normalized spacial score (nSPS) is 12.1. The minimum absolute atomic E-state index is 0.823. The summed E-state index contributed by atoms with van der Waals surface area (Å²) in [4.78, 5) is 10.8. The third-order valence-corrected chi connectivity index (χ3v) is 13.0. The van der Waals surface area contributed by atoms with E-state index in [1.54, 1.807) is 0 Å². The highest BCUT2D eigenvalue weighted by molar-refractivity contribution is 6.16. The van der Waals surface area contributed by atoms with Gasteiger partial charge in [0.2, 0.25) is 0 Å². The standard InChI is InChI=1S/C58H34N4O/c1-2-14-36-32-53-46(30-35(36)13-1)44-27-26-40(61-50-22-10-5-17-42(50)43-18-6-11-23-51(43)61)34-54(44)62(53)52-33-39(29-37-15-3-4-16-41(37)52)58-57(59-48-20-8-9-21-49(48)60-58)38-25-28-56-47(31-38)45-19-7-12-24-55(45)63-56/h1-34H. The van der Waals surface area contributed by atoms with E-state index in [9.17, 15) is 0 Å². The summed E-state index contributed by atoms with van der Waals surface area (Å²) < 4.78 is 11.2. The Kier molecular flexibility index (Phi) is 7.05. The Morgan fingerprint density at radius 3 is 1.65 bits per heavy atom. The van der Waals surface area contributed by atoms with Gasteiger partial charge >= 0.3 is 0 Å². The average molecular weight is 803 g/mol. The zero-order valence-electron chi connectivity index (χ0n) is 33.8. The molecule has 0 saturated heterocycles.